The molecule has 0 aromatic carbocycles. The Bertz CT molecular complexity index is 289. The van der Waals surface area contributed by atoms with E-state index in [0.717, 1.165) is 25.7 Å². The van der Waals surface area contributed by atoms with Gasteiger partial charge in [-0.05, 0) is 19.3 Å². The van der Waals surface area contributed by atoms with Crippen molar-refractivity contribution in [1.29, 1.82) is 0 Å². The molecule has 0 aliphatic heterocycles. The topological polar surface area (TPSA) is 43.1 Å². The van der Waals surface area contributed by atoms with Crippen molar-refractivity contribution in [3.63, 3.8) is 0 Å². The Hall–Kier alpha value is 0.601. The number of rotatable bonds is 9. The predicted molar refractivity (Wildman–Crippen MR) is 95.5 cm³/mol. The van der Waals surface area contributed by atoms with Gasteiger partial charge in [0.1, 0.15) is 5.78 Å². The molecule has 0 bridgehead atoms. The first-order chi connectivity index (χ1) is 10.3. The second-order valence-electron chi connectivity index (χ2n) is 5.12. The van der Waals surface area contributed by atoms with E-state index in [1.165, 1.54) is 6.08 Å². The third-order valence-corrected chi connectivity index (χ3v) is 3.14. The molecular formula is C17H34BF3KNO. The van der Waals surface area contributed by atoms with Crippen LogP contribution in [0.2, 0.25) is 6.32 Å². The van der Waals surface area contributed by atoms with Crippen LogP contribution in [0.25, 0.3) is 0 Å². The van der Waals surface area contributed by atoms with Gasteiger partial charge in [0, 0.05) is 24.7 Å². The first-order valence-electron chi connectivity index (χ1n) is 8.07. The van der Waals surface area contributed by atoms with Gasteiger partial charge in [-0.3, -0.25) is 13.4 Å². The molecule has 2 nitrogen and oxygen atoms in total. The number of halogens is 3. The molecule has 1 atom stereocenters. The molecule has 0 aliphatic rings. The van der Waals surface area contributed by atoms with Gasteiger partial charge in [-0.15, -0.1) is 13.2 Å². The van der Waals surface area contributed by atoms with E-state index in [1.54, 1.807) is 0 Å². The van der Waals surface area contributed by atoms with Crippen LogP contribution in [0, 0.1) is 0 Å². The minimum Gasteiger partial charge on any atom is -1.00 e. The van der Waals surface area contributed by atoms with Crippen molar-refractivity contribution < 1.29 is 69.5 Å². The predicted octanol–water partition coefficient (Wildman–Crippen LogP) is -0.547. The summed E-state index contributed by atoms with van der Waals surface area (Å²) in [5.74, 6) is 0.343. The van der Waals surface area contributed by atoms with Crippen LogP contribution in [0.3, 0.4) is 0 Å². The smallest absolute Gasteiger partial charge is 1.00 e. The maximum absolute atomic E-state index is 11.0. The van der Waals surface area contributed by atoms with Crippen LogP contribution in [0.15, 0.2) is 25.3 Å². The van der Waals surface area contributed by atoms with Crippen molar-refractivity contribution in [3.8, 4) is 0 Å². The van der Waals surface area contributed by atoms with Gasteiger partial charge in [0.05, 0.1) is 0 Å². The van der Waals surface area contributed by atoms with Gasteiger partial charge in [0.15, 0.2) is 0 Å². The Morgan fingerprint density at radius 2 is 1.58 bits per heavy atom. The van der Waals surface area contributed by atoms with Gasteiger partial charge in [-0.25, -0.2) is 0 Å². The number of hydrogen-bond acceptors (Lipinski definition) is 2. The number of carbonyl (C=O) groups excluding carboxylic acids is 1. The normalized spacial score (nSPS) is 10.8. The third kappa shape index (κ3) is 30.5. The molecule has 0 spiro atoms. The Balaban J connectivity index is -0.0000000759. The Morgan fingerprint density at radius 3 is 1.71 bits per heavy atom. The summed E-state index contributed by atoms with van der Waals surface area (Å²) in [5, 5.41) is 0. The maximum Gasteiger partial charge on any atom is 1.00 e. The van der Waals surface area contributed by atoms with Crippen LogP contribution >= 0.6 is 0 Å². The number of allylic oxidation sites excluding steroid dienone is 1. The van der Waals surface area contributed by atoms with Crippen molar-refractivity contribution >= 4 is 13.1 Å². The molecule has 0 heterocycles. The number of carbonyl (C=O) groups is 1. The maximum atomic E-state index is 11.0. The molecule has 0 saturated heterocycles. The Morgan fingerprint density at radius 1 is 1.12 bits per heavy atom. The van der Waals surface area contributed by atoms with E-state index < -0.39 is 7.27 Å². The number of Topliss-reactive ketones (excluding diaryl/α,β-unsaturated/α-hetero) is 1. The van der Waals surface area contributed by atoms with Crippen molar-refractivity contribution in [2.75, 3.05) is 0 Å². The SMILES string of the molecule is C=CCB(F)F.C=CCC(N)(CC)CCC.CCC(=O)CC.[F-].[K+]. The van der Waals surface area contributed by atoms with Gasteiger partial charge >= 0.3 is 58.7 Å². The zero-order valence-electron chi connectivity index (χ0n) is 16.2. The third-order valence-electron chi connectivity index (χ3n) is 3.14. The molecule has 0 aromatic rings. The van der Waals surface area contributed by atoms with Crippen LogP contribution in [-0.2, 0) is 4.79 Å². The molecule has 0 rings (SSSR count). The zero-order chi connectivity index (χ0) is 18.0. The fourth-order valence-corrected chi connectivity index (χ4v) is 1.58. The number of nitrogens with two attached hydrogens (primary N) is 1. The quantitative estimate of drug-likeness (QED) is 0.434. The van der Waals surface area contributed by atoms with E-state index in [2.05, 4.69) is 27.0 Å². The van der Waals surface area contributed by atoms with Gasteiger partial charge in [-0.1, -0.05) is 46.3 Å². The number of ketones is 1. The summed E-state index contributed by atoms with van der Waals surface area (Å²) in [6.07, 6.45) is 8.56. The summed E-state index contributed by atoms with van der Waals surface area (Å²) in [7, 11) is -2.22. The molecule has 0 aliphatic carbocycles. The van der Waals surface area contributed by atoms with Crippen LogP contribution in [0.4, 0.5) is 8.63 Å². The summed E-state index contributed by atoms with van der Waals surface area (Å²) >= 11 is 0. The largest absolute Gasteiger partial charge is 1.00 e. The molecule has 0 amide bonds. The second kappa shape index (κ2) is 25.8. The molecule has 0 radical (unpaired) electrons. The first kappa shape index (κ1) is 35.7. The molecule has 7 heteroatoms. The van der Waals surface area contributed by atoms with Crippen LogP contribution in [-0.4, -0.2) is 18.6 Å². The minimum absolute atomic E-state index is 0. The van der Waals surface area contributed by atoms with Gasteiger partial charge in [0.25, 0.3) is 0 Å². The molecule has 0 aromatic heterocycles. The molecule has 2 N–H and O–H groups in total. The van der Waals surface area contributed by atoms with Crippen molar-refractivity contribution in [2.45, 2.75) is 78.1 Å². The molecule has 138 valence electrons. The standard InChI is InChI=1S/C9H19N.C5H10O.C3H5BF2.FH.K/c1-4-7-9(10,6-3)8-5-2;1-3-5(6)4-2;1-2-3-4(5)6;;/h4H,1,5-8,10H2,2-3H3;3-4H2,1-2H3;2H,1,3H2;1H;/q;;;;+1/p-1. The fourth-order valence-electron chi connectivity index (χ4n) is 1.58. The molecular weight excluding hydrogens is 341 g/mol. The Kier molecular flexibility index (Phi) is 38.4. The van der Waals surface area contributed by atoms with Gasteiger partial charge < -0.3 is 10.4 Å². The Labute approximate surface area is 190 Å². The summed E-state index contributed by atoms with van der Waals surface area (Å²) in [5.41, 5.74) is 6.07. The van der Waals surface area contributed by atoms with Crippen molar-refractivity contribution in [2.24, 2.45) is 5.73 Å². The van der Waals surface area contributed by atoms with Gasteiger partial charge in [0.2, 0.25) is 0 Å². The summed E-state index contributed by atoms with van der Waals surface area (Å²) in [6.45, 7) is 14.9. The summed E-state index contributed by atoms with van der Waals surface area (Å²) in [4.78, 5) is 10.2. The van der Waals surface area contributed by atoms with Crippen LogP contribution < -0.4 is 61.8 Å². The molecule has 1 unspecified atom stereocenters. The summed E-state index contributed by atoms with van der Waals surface area (Å²) in [6, 6.07) is 0. The van der Waals surface area contributed by atoms with E-state index >= 15 is 0 Å². The second-order valence-corrected chi connectivity index (χ2v) is 5.12. The fraction of sp³-hybridized carbons (Fsp3) is 0.706. The zero-order valence-corrected chi connectivity index (χ0v) is 19.3. The van der Waals surface area contributed by atoms with E-state index in [9.17, 15) is 13.4 Å². The number of hydrogen-bond donors (Lipinski definition) is 1. The monoisotopic (exact) mass is 375 g/mol. The van der Waals surface area contributed by atoms with E-state index in [4.69, 9.17) is 5.73 Å². The van der Waals surface area contributed by atoms with E-state index in [0.29, 0.717) is 18.6 Å². The average molecular weight is 375 g/mol. The van der Waals surface area contributed by atoms with E-state index in [1.807, 2.05) is 19.9 Å². The van der Waals surface area contributed by atoms with Crippen molar-refractivity contribution in [1.82, 2.24) is 0 Å². The van der Waals surface area contributed by atoms with E-state index in [-0.39, 0.29) is 67.9 Å². The average Bonchev–Trinajstić information content (AvgIpc) is 2.48. The van der Waals surface area contributed by atoms with Crippen LogP contribution in [0.5, 0.6) is 0 Å². The first-order valence-corrected chi connectivity index (χ1v) is 8.07. The molecule has 0 fully saturated rings. The molecule has 0 saturated carbocycles. The van der Waals surface area contributed by atoms with Crippen molar-refractivity contribution in [3.05, 3.63) is 25.3 Å². The minimum atomic E-state index is -2.22. The van der Waals surface area contributed by atoms with Gasteiger partial charge in [-0.2, -0.15) is 0 Å². The van der Waals surface area contributed by atoms with Crippen LogP contribution in [0.1, 0.15) is 66.2 Å². The molecule has 24 heavy (non-hydrogen) atoms. The summed E-state index contributed by atoms with van der Waals surface area (Å²) < 4.78 is 21.9.